The van der Waals surface area contributed by atoms with E-state index in [2.05, 4.69) is 36.3 Å². The Morgan fingerprint density at radius 1 is 1.30 bits per heavy atom. The number of H-pyrrole nitrogens is 1. The molecule has 0 saturated heterocycles. The molecule has 0 spiro atoms. The van der Waals surface area contributed by atoms with Gasteiger partial charge in [-0.1, -0.05) is 21.1 Å². The lowest BCUT2D eigenvalue weighted by Crippen LogP contribution is -1.86. The molecule has 0 aliphatic heterocycles. The second-order valence-electron chi connectivity index (χ2n) is 4.43. The van der Waals surface area contributed by atoms with E-state index in [9.17, 15) is 5.11 Å². The van der Waals surface area contributed by atoms with Gasteiger partial charge < -0.3 is 5.11 Å². The molecule has 2 N–H and O–H groups in total. The fourth-order valence-corrected chi connectivity index (χ4v) is 2.50. The first-order valence-electron chi connectivity index (χ1n) is 5.97. The summed E-state index contributed by atoms with van der Waals surface area (Å²) in [5.41, 5.74) is 3.84. The van der Waals surface area contributed by atoms with Gasteiger partial charge in [-0.25, -0.2) is 0 Å². The molecule has 2 aromatic carbocycles. The molecule has 0 unspecified atom stereocenters. The first kappa shape index (κ1) is 12.8. The minimum Gasteiger partial charge on any atom is -0.507 e. The molecule has 6 heteroatoms. The highest BCUT2D eigenvalue weighted by molar-refractivity contribution is 9.10. The smallest absolute Gasteiger partial charge is 0.127 e. The normalized spacial score (nSPS) is 11.5. The predicted octanol–water partition coefficient (Wildman–Crippen LogP) is 3.49. The summed E-state index contributed by atoms with van der Waals surface area (Å²) in [6.07, 6.45) is 1.63. The second kappa shape index (κ2) is 5.05. The van der Waals surface area contributed by atoms with Crippen LogP contribution in [0, 0.1) is 6.92 Å². The Bertz CT molecular complexity index is 810. The molecule has 100 valence electrons. The molecule has 20 heavy (non-hydrogen) atoms. The van der Waals surface area contributed by atoms with E-state index in [0.717, 1.165) is 26.8 Å². The third kappa shape index (κ3) is 2.42. The van der Waals surface area contributed by atoms with Gasteiger partial charge in [0.1, 0.15) is 11.3 Å². The predicted molar refractivity (Wildman–Crippen MR) is 81.7 cm³/mol. The van der Waals surface area contributed by atoms with Crippen LogP contribution in [-0.4, -0.2) is 26.7 Å². The van der Waals surface area contributed by atoms with E-state index in [1.165, 1.54) is 0 Å². The first-order chi connectivity index (χ1) is 9.63. The topological polar surface area (TPSA) is 74.2 Å². The first-order valence-corrected chi connectivity index (χ1v) is 6.77. The molecule has 1 heterocycles. The summed E-state index contributed by atoms with van der Waals surface area (Å²) in [4.78, 5) is 4.36. The van der Waals surface area contributed by atoms with Crippen LogP contribution in [0.4, 0.5) is 5.69 Å². The van der Waals surface area contributed by atoms with E-state index in [-0.39, 0.29) is 5.75 Å². The highest BCUT2D eigenvalue weighted by atomic mass is 79.9. The van der Waals surface area contributed by atoms with Gasteiger partial charge in [-0.2, -0.15) is 0 Å². The number of aliphatic imine (C=N–C) groups is 1. The number of phenolic OH excluding ortho intramolecular Hbond substituents is 1. The van der Waals surface area contributed by atoms with Gasteiger partial charge in [0.15, 0.2) is 0 Å². The van der Waals surface area contributed by atoms with Gasteiger partial charge in [0.25, 0.3) is 0 Å². The number of rotatable bonds is 2. The van der Waals surface area contributed by atoms with E-state index < -0.39 is 0 Å². The molecule has 1 aromatic heterocycles. The van der Waals surface area contributed by atoms with Crippen molar-refractivity contribution in [2.24, 2.45) is 4.99 Å². The summed E-state index contributed by atoms with van der Waals surface area (Å²) >= 11 is 3.41. The Morgan fingerprint density at radius 3 is 3.00 bits per heavy atom. The summed E-state index contributed by atoms with van der Waals surface area (Å²) in [6.45, 7) is 1.85. The third-order valence-corrected chi connectivity index (χ3v) is 3.41. The largest absolute Gasteiger partial charge is 0.507 e. The van der Waals surface area contributed by atoms with Crippen molar-refractivity contribution in [1.29, 1.82) is 0 Å². The standard InChI is InChI=1S/C14H11BrN4O/c1-8-4-10(15)5-9(14(8)20)7-16-11-2-3-12-13(6-11)18-19-17-12/h2-7,20H,1H3,(H,17,18,19)/b16-7+. The highest BCUT2D eigenvalue weighted by Crippen LogP contribution is 2.26. The molecule has 0 atom stereocenters. The zero-order chi connectivity index (χ0) is 14.1. The SMILES string of the molecule is Cc1cc(Br)cc(/C=N/c2ccc3[nH]nnc3c2)c1O. The Kier molecular flexibility index (Phi) is 3.23. The maximum Gasteiger partial charge on any atom is 0.127 e. The Labute approximate surface area is 123 Å². The van der Waals surface area contributed by atoms with E-state index in [1.54, 1.807) is 6.21 Å². The van der Waals surface area contributed by atoms with Gasteiger partial charge in [0.2, 0.25) is 0 Å². The quantitative estimate of drug-likeness (QED) is 0.706. The van der Waals surface area contributed by atoms with E-state index in [0.29, 0.717) is 5.56 Å². The van der Waals surface area contributed by atoms with Gasteiger partial charge in [-0.3, -0.25) is 10.1 Å². The van der Waals surface area contributed by atoms with Crippen LogP contribution in [0.1, 0.15) is 11.1 Å². The molecule has 0 fully saturated rings. The summed E-state index contributed by atoms with van der Waals surface area (Å²) in [5, 5.41) is 20.5. The van der Waals surface area contributed by atoms with Crippen LogP contribution >= 0.6 is 15.9 Å². The maximum absolute atomic E-state index is 10.00. The molecule has 0 bridgehead atoms. The minimum atomic E-state index is 0.236. The minimum absolute atomic E-state index is 0.236. The summed E-state index contributed by atoms with van der Waals surface area (Å²) in [6, 6.07) is 9.24. The monoisotopic (exact) mass is 330 g/mol. The number of hydrogen-bond donors (Lipinski definition) is 2. The number of hydrogen-bond acceptors (Lipinski definition) is 4. The zero-order valence-electron chi connectivity index (χ0n) is 10.6. The van der Waals surface area contributed by atoms with E-state index >= 15 is 0 Å². The fourth-order valence-electron chi connectivity index (χ4n) is 1.91. The molecular formula is C14H11BrN4O. The Hall–Kier alpha value is -2.21. The molecule has 0 saturated carbocycles. The number of nitrogens with one attached hydrogen (secondary N) is 1. The number of aromatic amines is 1. The molecule has 0 aliphatic carbocycles. The van der Waals surface area contributed by atoms with Crippen molar-refractivity contribution in [2.45, 2.75) is 6.92 Å². The van der Waals surface area contributed by atoms with Gasteiger partial charge in [0, 0.05) is 16.3 Å². The fraction of sp³-hybridized carbons (Fsp3) is 0.0714. The van der Waals surface area contributed by atoms with Crippen LogP contribution in [0.25, 0.3) is 11.0 Å². The summed E-state index contributed by atoms with van der Waals surface area (Å²) in [7, 11) is 0. The lowest BCUT2D eigenvalue weighted by Gasteiger charge is -2.03. The average molecular weight is 331 g/mol. The van der Waals surface area contributed by atoms with Crippen LogP contribution in [0.3, 0.4) is 0 Å². The van der Waals surface area contributed by atoms with Crippen LogP contribution in [0.15, 0.2) is 39.8 Å². The molecule has 0 radical (unpaired) electrons. The Balaban J connectivity index is 1.97. The zero-order valence-corrected chi connectivity index (χ0v) is 12.2. The van der Waals surface area contributed by atoms with Crippen molar-refractivity contribution in [3.63, 3.8) is 0 Å². The van der Waals surface area contributed by atoms with Crippen LogP contribution < -0.4 is 0 Å². The molecule has 5 nitrogen and oxygen atoms in total. The average Bonchev–Trinajstić information content (AvgIpc) is 2.88. The molecular weight excluding hydrogens is 320 g/mol. The van der Waals surface area contributed by atoms with Crippen molar-refractivity contribution >= 4 is 38.9 Å². The van der Waals surface area contributed by atoms with Crippen molar-refractivity contribution in [2.75, 3.05) is 0 Å². The molecule has 3 aromatic rings. The number of halogens is 1. The third-order valence-electron chi connectivity index (χ3n) is 2.96. The number of nitrogens with zero attached hydrogens (tertiary/aromatic N) is 3. The van der Waals surface area contributed by atoms with Crippen LogP contribution in [0.2, 0.25) is 0 Å². The number of aryl methyl sites for hydroxylation is 1. The summed E-state index contributed by atoms with van der Waals surface area (Å²) in [5.74, 6) is 0.236. The lowest BCUT2D eigenvalue weighted by atomic mass is 10.1. The molecule has 0 aliphatic rings. The van der Waals surface area contributed by atoms with E-state index in [1.807, 2.05) is 37.3 Å². The lowest BCUT2D eigenvalue weighted by molar-refractivity contribution is 0.470. The van der Waals surface area contributed by atoms with Crippen molar-refractivity contribution < 1.29 is 5.11 Å². The van der Waals surface area contributed by atoms with E-state index in [4.69, 9.17) is 0 Å². The van der Waals surface area contributed by atoms with Crippen LogP contribution in [0.5, 0.6) is 5.75 Å². The molecule has 0 amide bonds. The van der Waals surface area contributed by atoms with Crippen molar-refractivity contribution in [3.8, 4) is 5.75 Å². The van der Waals surface area contributed by atoms with Crippen LogP contribution in [-0.2, 0) is 0 Å². The van der Waals surface area contributed by atoms with Gasteiger partial charge in [-0.15, -0.1) is 5.10 Å². The highest BCUT2D eigenvalue weighted by Gasteiger charge is 2.04. The number of aromatic nitrogens is 3. The van der Waals surface area contributed by atoms with Crippen molar-refractivity contribution in [1.82, 2.24) is 15.4 Å². The number of fused-ring (bicyclic) bond motifs is 1. The number of benzene rings is 2. The number of aromatic hydroxyl groups is 1. The van der Waals surface area contributed by atoms with Crippen molar-refractivity contribution in [3.05, 3.63) is 45.9 Å². The van der Waals surface area contributed by atoms with Gasteiger partial charge in [0.05, 0.1) is 11.2 Å². The molecule has 3 rings (SSSR count). The number of phenols is 1. The maximum atomic E-state index is 10.00. The van der Waals surface area contributed by atoms with Gasteiger partial charge >= 0.3 is 0 Å². The Morgan fingerprint density at radius 2 is 2.15 bits per heavy atom. The van der Waals surface area contributed by atoms with Gasteiger partial charge in [-0.05, 0) is 42.8 Å². The second-order valence-corrected chi connectivity index (χ2v) is 5.35. The summed E-state index contributed by atoms with van der Waals surface area (Å²) < 4.78 is 0.904.